The van der Waals surface area contributed by atoms with E-state index in [0.29, 0.717) is 5.46 Å². The first-order valence-corrected chi connectivity index (χ1v) is 4.24. The van der Waals surface area contributed by atoms with Gasteiger partial charge in [-0.1, -0.05) is 6.07 Å². The van der Waals surface area contributed by atoms with Crippen LogP contribution in [0.2, 0.25) is 0 Å². The number of nitrogens with one attached hydrogen (secondary N) is 2. The van der Waals surface area contributed by atoms with Crippen molar-refractivity contribution in [3.05, 3.63) is 18.2 Å². The molecule has 0 spiro atoms. The molecule has 0 aliphatic heterocycles. The van der Waals surface area contributed by atoms with Crippen LogP contribution in [-0.4, -0.2) is 34.4 Å². The van der Waals surface area contributed by atoms with Crippen LogP contribution < -0.4 is 10.8 Å². The first-order chi connectivity index (χ1) is 6.72. The van der Waals surface area contributed by atoms with Gasteiger partial charge < -0.3 is 15.4 Å². The number of hydrogen-bond donors (Lipinski definition) is 4. The minimum atomic E-state index is -1.44. The molecule has 14 heavy (non-hydrogen) atoms. The Hall–Kier alpha value is -1.53. The highest BCUT2D eigenvalue weighted by Crippen LogP contribution is 2.17. The third kappa shape index (κ3) is 1.34. The molecule has 0 saturated heterocycles. The van der Waals surface area contributed by atoms with Gasteiger partial charge in [-0.15, -0.1) is 0 Å². The lowest BCUT2D eigenvalue weighted by Crippen LogP contribution is -2.29. The number of H-pyrrole nitrogens is 1. The first kappa shape index (κ1) is 9.05. The molecule has 5 nitrogen and oxygen atoms in total. The maximum Gasteiger partial charge on any atom is 0.488 e. The van der Waals surface area contributed by atoms with Crippen molar-refractivity contribution in [1.29, 1.82) is 0 Å². The molecule has 0 radical (unpaired) electrons. The number of aromatic nitrogens is 2. The third-order valence-electron chi connectivity index (χ3n) is 2.12. The quantitative estimate of drug-likeness (QED) is 0.472. The number of fused-ring (bicyclic) bond motifs is 1. The van der Waals surface area contributed by atoms with Gasteiger partial charge in [-0.3, -0.25) is 5.10 Å². The van der Waals surface area contributed by atoms with E-state index in [0.717, 1.165) is 16.7 Å². The third-order valence-corrected chi connectivity index (χ3v) is 2.12. The van der Waals surface area contributed by atoms with Gasteiger partial charge in [0.05, 0.1) is 5.52 Å². The standard InChI is InChI=1S/C8H10BN3O2/c1-10-8-6-3-2-5(9(13)14)4-7(6)11-12-8/h2-4,13-14H,1H3,(H2,10,11,12). The first-order valence-electron chi connectivity index (χ1n) is 4.24. The number of rotatable bonds is 2. The van der Waals surface area contributed by atoms with Gasteiger partial charge in [0.25, 0.3) is 0 Å². The van der Waals surface area contributed by atoms with Crippen molar-refractivity contribution in [1.82, 2.24) is 10.2 Å². The topological polar surface area (TPSA) is 81.2 Å². The highest BCUT2D eigenvalue weighted by atomic mass is 16.4. The van der Waals surface area contributed by atoms with Crippen LogP contribution in [0.25, 0.3) is 10.9 Å². The molecular weight excluding hydrogens is 181 g/mol. The molecule has 0 amide bonds. The van der Waals surface area contributed by atoms with Crippen molar-refractivity contribution >= 4 is 29.3 Å². The lowest BCUT2D eigenvalue weighted by atomic mass is 9.80. The number of anilines is 1. The fourth-order valence-corrected chi connectivity index (χ4v) is 1.39. The van der Waals surface area contributed by atoms with Gasteiger partial charge in [0, 0.05) is 12.4 Å². The van der Waals surface area contributed by atoms with Crippen molar-refractivity contribution < 1.29 is 10.0 Å². The van der Waals surface area contributed by atoms with E-state index in [4.69, 9.17) is 10.0 Å². The molecule has 2 aromatic rings. The molecule has 0 aliphatic carbocycles. The van der Waals surface area contributed by atoms with E-state index in [2.05, 4.69) is 15.5 Å². The summed E-state index contributed by atoms with van der Waals surface area (Å²) in [6.07, 6.45) is 0. The largest absolute Gasteiger partial charge is 0.488 e. The Labute approximate surface area is 80.9 Å². The number of aromatic amines is 1. The maximum atomic E-state index is 8.95. The van der Waals surface area contributed by atoms with Gasteiger partial charge in [-0.2, -0.15) is 5.10 Å². The summed E-state index contributed by atoms with van der Waals surface area (Å²) in [5, 5.41) is 28.6. The SMILES string of the molecule is CNc1n[nH]c2cc(B(O)O)ccc12. The summed E-state index contributed by atoms with van der Waals surface area (Å²) in [5.74, 6) is 0.749. The van der Waals surface area contributed by atoms with Crippen LogP contribution in [0.3, 0.4) is 0 Å². The Balaban J connectivity index is 2.57. The Morgan fingerprint density at radius 3 is 2.86 bits per heavy atom. The highest BCUT2D eigenvalue weighted by Gasteiger charge is 2.12. The van der Waals surface area contributed by atoms with E-state index in [-0.39, 0.29) is 0 Å². The maximum absolute atomic E-state index is 8.95. The normalized spacial score (nSPS) is 10.5. The lowest BCUT2D eigenvalue weighted by molar-refractivity contribution is 0.426. The monoisotopic (exact) mass is 191 g/mol. The van der Waals surface area contributed by atoms with Gasteiger partial charge in [0.15, 0.2) is 5.82 Å². The van der Waals surface area contributed by atoms with Gasteiger partial charge in [0.1, 0.15) is 0 Å². The second-order valence-corrected chi connectivity index (χ2v) is 3.00. The predicted octanol–water partition coefficient (Wildman–Crippen LogP) is -0.716. The van der Waals surface area contributed by atoms with Crippen LogP contribution in [0.1, 0.15) is 0 Å². The molecule has 0 aliphatic rings. The van der Waals surface area contributed by atoms with E-state index < -0.39 is 7.12 Å². The lowest BCUT2D eigenvalue weighted by Gasteiger charge is -1.99. The zero-order valence-corrected chi connectivity index (χ0v) is 7.65. The van der Waals surface area contributed by atoms with Gasteiger partial charge in [0.2, 0.25) is 0 Å². The Kier molecular flexibility index (Phi) is 2.15. The fraction of sp³-hybridized carbons (Fsp3) is 0.125. The van der Waals surface area contributed by atoms with Gasteiger partial charge in [-0.05, 0) is 17.6 Å². The molecule has 4 N–H and O–H groups in total. The molecule has 6 heteroatoms. The summed E-state index contributed by atoms with van der Waals surface area (Å²) < 4.78 is 0. The summed E-state index contributed by atoms with van der Waals surface area (Å²) in [4.78, 5) is 0. The molecule has 72 valence electrons. The van der Waals surface area contributed by atoms with E-state index >= 15 is 0 Å². The summed E-state index contributed by atoms with van der Waals surface area (Å²) >= 11 is 0. The van der Waals surface area contributed by atoms with E-state index in [9.17, 15) is 0 Å². The summed E-state index contributed by atoms with van der Waals surface area (Å²) in [7, 11) is 0.338. The predicted molar refractivity (Wildman–Crippen MR) is 55.5 cm³/mol. The fourth-order valence-electron chi connectivity index (χ4n) is 1.39. The van der Waals surface area contributed by atoms with Crippen LogP contribution in [-0.2, 0) is 0 Å². The van der Waals surface area contributed by atoms with E-state index in [1.54, 1.807) is 25.2 Å². The highest BCUT2D eigenvalue weighted by molar-refractivity contribution is 6.58. The van der Waals surface area contributed by atoms with Crippen molar-refractivity contribution in [2.24, 2.45) is 0 Å². The molecule has 0 saturated carbocycles. The Morgan fingerprint density at radius 1 is 1.43 bits per heavy atom. The summed E-state index contributed by atoms with van der Waals surface area (Å²) in [6, 6.07) is 5.11. The van der Waals surface area contributed by atoms with Crippen LogP contribution in [0.15, 0.2) is 18.2 Å². The molecule has 2 rings (SSSR count). The van der Waals surface area contributed by atoms with Crippen LogP contribution in [0.5, 0.6) is 0 Å². The van der Waals surface area contributed by atoms with E-state index in [1.807, 2.05) is 0 Å². The molecular formula is C8H10BN3O2. The zero-order valence-electron chi connectivity index (χ0n) is 7.65. The minimum absolute atomic E-state index is 0.448. The molecule has 0 bridgehead atoms. The van der Waals surface area contributed by atoms with Crippen LogP contribution >= 0.6 is 0 Å². The van der Waals surface area contributed by atoms with Crippen molar-refractivity contribution in [3.8, 4) is 0 Å². The molecule has 1 heterocycles. The van der Waals surface area contributed by atoms with Crippen molar-refractivity contribution in [2.45, 2.75) is 0 Å². The van der Waals surface area contributed by atoms with Gasteiger partial charge in [-0.25, -0.2) is 0 Å². The summed E-state index contributed by atoms with van der Waals surface area (Å²) in [5.41, 5.74) is 1.23. The van der Waals surface area contributed by atoms with Crippen molar-refractivity contribution in [2.75, 3.05) is 12.4 Å². The van der Waals surface area contributed by atoms with E-state index in [1.165, 1.54) is 0 Å². The minimum Gasteiger partial charge on any atom is -0.423 e. The Morgan fingerprint density at radius 2 is 2.21 bits per heavy atom. The molecule has 0 unspecified atom stereocenters. The second kappa shape index (κ2) is 3.32. The molecule has 0 fully saturated rings. The van der Waals surface area contributed by atoms with Crippen LogP contribution in [0.4, 0.5) is 5.82 Å². The average molecular weight is 191 g/mol. The van der Waals surface area contributed by atoms with Crippen LogP contribution in [0, 0.1) is 0 Å². The molecule has 0 atom stereocenters. The second-order valence-electron chi connectivity index (χ2n) is 3.00. The summed E-state index contributed by atoms with van der Waals surface area (Å²) in [6.45, 7) is 0. The molecule has 1 aromatic heterocycles. The average Bonchev–Trinajstić information content (AvgIpc) is 2.59. The smallest absolute Gasteiger partial charge is 0.423 e. The zero-order chi connectivity index (χ0) is 10.1. The number of hydrogen-bond acceptors (Lipinski definition) is 4. The molecule has 1 aromatic carbocycles. The van der Waals surface area contributed by atoms with Crippen molar-refractivity contribution in [3.63, 3.8) is 0 Å². The Bertz CT molecular complexity index is 455. The number of nitrogens with zero attached hydrogens (tertiary/aromatic N) is 1. The van der Waals surface area contributed by atoms with Gasteiger partial charge >= 0.3 is 7.12 Å². The number of benzene rings is 1.